The van der Waals surface area contributed by atoms with Crippen LogP contribution in [0, 0.1) is 0 Å². The number of aliphatic carboxylic acids is 1. The van der Waals surface area contributed by atoms with Crippen molar-refractivity contribution in [2.24, 2.45) is 0 Å². The zero-order valence-corrected chi connectivity index (χ0v) is 13.1. The number of carboxylic acids is 1. The monoisotopic (exact) mass is 336 g/mol. The van der Waals surface area contributed by atoms with Crippen LogP contribution in [0.25, 0.3) is 0 Å². The average Bonchev–Trinajstić information content (AvgIpc) is 3.08. The number of ether oxygens (including phenoxy) is 1. The molecule has 1 aliphatic heterocycles. The van der Waals surface area contributed by atoms with Gasteiger partial charge in [-0.05, 0) is 18.4 Å². The molecule has 1 saturated heterocycles. The van der Waals surface area contributed by atoms with Crippen LogP contribution in [-0.2, 0) is 20.9 Å². The van der Waals surface area contributed by atoms with E-state index >= 15 is 0 Å². The molecule has 2 atom stereocenters. The average molecular weight is 336 g/mol. The Morgan fingerprint density at radius 3 is 2.62 bits per heavy atom. The highest BCUT2D eigenvalue weighted by Gasteiger charge is 2.36. The van der Waals surface area contributed by atoms with Crippen LogP contribution in [0.5, 0.6) is 0 Å². The zero-order chi connectivity index (χ0) is 17.5. The molecule has 1 aliphatic rings. The summed E-state index contributed by atoms with van der Waals surface area (Å²) in [5.41, 5.74) is 0.831. The minimum atomic E-state index is -1.39. The summed E-state index contributed by atoms with van der Waals surface area (Å²) in [6, 6.07) is 6.97. The van der Waals surface area contributed by atoms with E-state index in [4.69, 9.17) is 14.9 Å². The number of likely N-dealkylation sites (tertiary alicyclic amines) is 1. The van der Waals surface area contributed by atoms with Gasteiger partial charge in [0.05, 0.1) is 6.61 Å². The van der Waals surface area contributed by atoms with Gasteiger partial charge in [-0.15, -0.1) is 0 Å². The van der Waals surface area contributed by atoms with Gasteiger partial charge in [-0.25, -0.2) is 9.59 Å². The third kappa shape index (κ3) is 4.45. The van der Waals surface area contributed by atoms with Gasteiger partial charge in [0.25, 0.3) is 0 Å². The maximum atomic E-state index is 12.2. The summed E-state index contributed by atoms with van der Waals surface area (Å²) >= 11 is 0. The third-order valence-corrected chi connectivity index (χ3v) is 3.79. The SMILES string of the molecule is O=C(O)[C@H](CO)NC(=O)[C@H]1CCCN1C(=O)OCc1ccccc1. The Balaban J connectivity index is 1.92. The second kappa shape index (κ2) is 8.30. The predicted molar refractivity (Wildman–Crippen MR) is 83.0 cm³/mol. The number of aliphatic hydroxyl groups excluding tert-OH is 1. The highest BCUT2D eigenvalue weighted by atomic mass is 16.6. The number of nitrogens with one attached hydrogen (secondary N) is 1. The Hall–Kier alpha value is -2.61. The van der Waals surface area contributed by atoms with Gasteiger partial charge < -0.3 is 20.3 Å². The second-order valence-corrected chi connectivity index (χ2v) is 5.47. The molecule has 1 fully saturated rings. The Morgan fingerprint density at radius 1 is 1.29 bits per heavy atom. The largest absolute Gasteiger partial charge is 0.480 e. The Bertz CT molecular complexity index is 591. The molecule has 130 valence electrons. The van der Waals surface area contributed by atoms with E-state index in [0.29, 0.717) is 19.4 Å². The summed E-state index contributed by atoms with van der Waals surface area (Å²) in [6.45, 7) is -0.256. The lowest BCUT2D eigenvalue weighted by Gasteiger charge is -2.24. The topological polar surface area (TPSA) is 116 Å². The van der Waals surface area contributed by atoms with Crippen LogP contribution < -0.4 is 5.32 Å². The smallest absolute Gasteiger partial charge is 0.410 e. The Kier molecular flexibility index (Phi) is 6.14. The molecule has 0 saturated carbocycles. The predicted octanol–water partition coefficient (Wildman–Crippen LogP) is 0.349. The molecule has 2 amide bonds. The molecular weight excluding hydrogens is 316 g/mol. The number of carbonyl (C=O) groups excluding carboxylic acids is 2. The number of amides is 2. The maximum absolute atomic E-state index is 12.2. The van der Waals surface area contributed by atoms with Crippen LogP contribution in [0.3, 0.4) is 0 Å². The quantitative estimate of drug-likeness (QED) is 0.690. The van der Waals surface area contributed by atoms with E-state index in [9.17, 15) is 14.4 Å². The molecule has 8 nitrogen and oxygen atoms in total. The highest BCUT2D eigenvalue weighted by Crippen LogP contribution is 2.19. The van der Waals surface area contributed by atoms with Crippen molar-refractivity contribution >= 4 is 18.0 Å². The number of hydrogen-bond acceptors (Lipinski definition) is 5. The molecule has 1 aromatic rings. The van der Waals surface area contributed by atoms with Crippen molar-refractivity contribution < 1.29 is 29.3 Å². The first-order valence-electron chi connectivity index (χ1n) is 7.64. The van der Waals surface area contributed by atoms with E-state index in [0.717, 1.165) is 5.56 Å². The number of rotatable bonds is 6. The van der Waals surface area contributed by atoms with Gasteiger partial charge in [0.2, 0.25) is 5.91 Å². The zero-order valence-electron chi connectivity index (χ0n) is 13.1. The lowest BCUT2D eigenvalue weighted by Crippen LogP contribution is -2.52. The van der Waals surface area contributed by atoms with E-state index in [1.807, 2.05) is 30.3 Å². The maximum Gasteiger partial charge on any atom is 0.410 e. The van der Waals surface area contributed by atoms with E-state index < -0.39 is 36.7 Å². The van der Waals surface area contributed by atoms with Crippen LogP contribution in [-0.4, -0.2) is 58.3 Å². The lowest BCUT2D eigenvalue weighted by atomic mass is 10.2. The molecule has 24 heavy (non-hydrogen) atoms. The van der Waals surface area contributed by atoms with Crippen LogP contribution >= 0.6 is 0 Å². The molecule has 2 rings (SSSR count). The standard InChI is InChI=1S/C16H20N2O6/c19-9-12(15(21)22)17-14(20)13-7-4-8-18(13)16(23)24-10-11-5-2-1-3-6-11/h1-3,5-6,12-13,19H,4,7-10H2,(H,17,20)(H,21,22)/t12-,13+/m0/s1. The van der Waals surface area contributed by atoms with E-state index in [2.05, 4.69) is 5.32 Å². The van der Waals surface area contributed by atoms with Crippen molar-refractivity contribution in [2.75, 3.05) is 13.2 Å². The van der Waals surface area contributed by atoms with Gasteiger partial charge >= 0.3 is 12.1 Å². The number of hydrogen-bond donors (Lipinski definition) is 3. The summed E-state index contributed by atoms with van der Waals surface area (Å²) in [4.78, 5) is 36.5. The molecule has 0 radical (unpaired) electrons. The van der Waals surface area contributed by atoms with Crippen LogP contribution in [0.1, 0.15) is 18.4 Å². The molecule has 0 spiro atoms. The van der Waals surface area contributed by atoms with Gasteiger partial charge in [0, 0.05) is 6.54 Å². The molecule has 0 unspecified atom stereocenters. The number of carboxylic acid groups (broad SMARTS) is 1. The third-order valence-electron chi connectivity index (χ3n) is 3.79. The first kappa shape index (κ1) is 17.7. The fourth-order valence-corrected chi connectivity index (χ4v) is 2.51. The van der Waals surface area contributed by atoms with Gasteiger partial charge in [-0.2, -0.15) is 0 Å². The minimum absolute atomic E-state index is 0.0961. The van der Waals surface area contributed by atoms with Crippen molar-refractivity contribution in [3.05, 3.63) is 35.9 Å². The molecule has 0 bridgehead atoms. The Morgan fingerprint density at radius 2 is 2.00 bits per heavy atom. The van der Waals surface area contributed by atoms with Crippen molar-refractivity contribution in [3.63, 3.8) is 0 Å². The molecule has 8 heteroatoms. The summed E-state index contributed by atoms with van der Waals surface area (Å²) in [5, 5.41) is 20.1. The summed E-state index contributed by atoms with van der Waals surface area (Å²) in [5.74, 6) is -1.94. The number of nitrogens with zero attached hydrogens (tertiary/aromatic N) is 1. The number of benzene rings is 1. The van der Waals surface area contributed by atoms with E-state index in [1.165, 1.54) is 4.90 Å². The van der Waals surface area contributed by atoms with Gasteiger partial charge in [0.15, 0.2) is 0 Å². The first-order valence-corrected chi connectivity index (χ1v) is 7.64. The number of aliphatic hydroxyl groups is 1. The van der Waals surface area contributed by atoms with E-state index in [1.54, 1.807) is 0 Å². The molecule has 0 aliphatic carbocycles. The second-order valence-electron chi connectivity index (χ2n) is 5.47. The molecule has 1 heterocycles. The van der Waals surface area contributed by atoms with Crippen molar-refractivity contribution in [1.82, 2.24) is 10.2 Å². The summed E-state index contributed by atoms with van der Waals surface area (Å²) < 4.78 is 5.21. The molecular formula is C16H20N2O6. The molecule has 3 N–H and O–H groups in total. The summed E-state index contributed by atoms with van der Waals surface area (Å²) in [6.07, 6.45) is 0.423. The van der Waals surface area contributed by atoms with Crippen molar-refractivity contribution in [2.45, 2.75) is 31.5 Å². The van der Waals surface area contributed by atoms with Gasteiger partial charge in [0.1, 0.15) is 18.7 Å². The molecule has 1 aromatic carbocycles. The fraction of sp³-hybridized carbons (Fsp3) is 0.438. The van der Waals surface area contributed by atoms with Gasteiger partial charge in [-0.1, -0.05) is 30.3 Å². The molecule has 0 aromatic heterocycles. The van der Waals surface area contributed by atoms with Crippen LogP contribution in [0.4, 0.5) is 4.79 Å². The number of carbonyl (C=O) groups is 3. The van der Waals surface area contributed by atoms with Crippen molar-refractivity contribution in [3.8, 4) is 0 Å². The Labute approximate surface area is 139 Å². The highest BCUT2D eigenvalue weighted by molar-refractivity contribution is 5.89. The fourth-order valence-electron chi connectivity index (χ4n) is 2.51. The van der Waals surface area contributed by atoms with Crippen LogP contribution in [0.2, 0.25) is 0 Å². The minimum Gasteiger partial charge on any atom is -0.480 e. The first-order chi connectivity index (χ1) is 11.5. The normalized spacial score (nSPS) is 18.0. The lowest BCUT2D eigenvalue weighted by molar-refractivity contribution is -0.143. The summed E-state index contributed by atoms with van der Waals surface area (Å²) in [7, 11) is 0. The van der Waals surface area contributed by atoms with Gasteiger partial charge in [-0.3, -0.25) is 9.69 Å². The van der Waals surface area contributed by atoms with E-state index in [-0.39, 0.29) is 6.61 Å². The van der Waals surface area contributed by atoms with Crippen molar-refractivity contribution in [1.29, 1.82) is 0 Å². The van der Waals surface area contributed by atoms with Crippen LogP contribution in [0.15, 0.2) is 30.3 Å².